The third-order valence-electron chi connectivity index (χ3n) is 2.52. The van der Waals surface area contributed by atoms with Gasteiger partial charge in [-0.25, -0.2) is 8.42 Å². The van der Waals surface area contributed by atoms with Crippen molar-refractivity contribution in [2.45, 2.75) is 4.90 Å². The van der Waals surface area contributed by atoms with Crippen molar-refractivity contribution in [2.75, 3.05) is 12.0 Å². The van der Waals surface area contributed by atoms with Crippen molar-refractivity contribution in [1.29, 1.82) is 0 Å². The molecule has 0 radical (unpaired) electrons. The number of carbonyl (C=O) groups is 1. The van der Waals surface area contributed by atoms with Crippen LogP contribution in [-0.2, 0) is 9.84 Å². The number of ketones is 1. The van der Waals surface area contributed by atoms with E-state index in [-0.39, 0.29) is 21.9 Å². The van der Waals surface area contributed by atoms with E-state index in [1.165, 1.54) is 29.5 Å². The van der Waals surface area contributed by atoms with Crippen molar-refractivity contribution in [2.24, 2.45) is 0 Å². The Kier molecular flexibility index (Phi) is 4.38. The van der Waals surface area contributed by atoms with Gasteiger partial charge in [0.2, 0.25) is 0 Å². The van der Waals surface area contributed by atoms with E-state index < -0.39 is 9.84 Å². The highest BCUT2D eigenvalue weighted by Crippen LogP contribution is 2.33. The number of nitrogen functional groups attached to an aromatic ring is 1. The predicted molar refractivity (Wildman–Crippen MR) is 87.1 cm³/mol. The van der Waals surface area contributed by atoms with E-state index in [1.807, 2.05) is 0 Å². The van der Waals surface area contributed by atoms with Crippen LogP contribution in [0, 0.1) is 0 Å². The molecule has 0 aliphatic rings. The Morgan fingerprint density at radius 3 is 2.35 bits per heavy atom. The molecule has 1 aromatic heterocycles. The quantitative estimate of drug-likeness (QED) is 0.587. The van der Waals surface area contributed by atoms with Gasteiger partial charge in [0.25, 0.3) is 0 Å². The first-order valence-electron chi connectivity index (χ1n) is 5.28. The van der Waals surface area contributed by atoms with Crippen molar-refractivity contribution < 1.29 is 13.2 Å². The van der Waals surface area contributed by atoms with Crippen LogP contribution < -0.4 is 5.73 Å². The van der Waals surface area contributed by atoms with Gasteiger partial charge < -0.3 is 5.73 Å². The summed E-state index contributed by atoms with van der Waals surface area (Å²) in [4.78, 5) is 12.5. The summed E-state index contributed by atoms with van der Waals surface area (Å²) in [7, 11) is -3.42. The van der Waals surface area contributed by atoms with E-state index in [0.717, 1.165) is 10.0 Å². The number of hydrogen-bond acceptors (Lipinski definition) is 5. The Morgan fingerprint density at radius 1 is 1.20 bits per heavy atom. The molecule has 1 aromatic carbocycles. The number of sulfone groups is 1. The molecule has 2 rings (SSSR count). The minimum absolute atomic E-state index is 0.0336. The molecule has 0 aliphatic carbocycles. The molecule has 0 saturated carbocycles. The topological polar surface area (TPSA) is 77.2 Å². The fourth-order valence-electron chi connectivity index (χ4n) is 1.62. The van der Waals surface area contributed by atoms with Crippen LogP contribution in [0.15, 0.2) is 36.7 Å². The minimum Gasteiger partial charge on any atom is -0.399 e. The van der Waals surface area contributed by atoms with Gasteiger partial charge in [0.15, 0.2) is 15.6 Å². The molecule has 8 heteroatoms. The maximum absolute atomic E-state index is 12.4. The second-order valence-corrected chi connectivity index (χ2v) is 9.89. The first kappa shape index (κ1) is 15.7. The molecule has 0 unspecified atom stereocenters. The summed E-state index contributed by atoms with van der Waals surface area (Å²) in [6.45, 7) is 0. The monoisotopic (exact) mass is 437 g/mol. The number of nitrogens with two attached hydrogens (primary N) is 1. The van der Waals surface area contributed by atoms with Crippen LogP contribution in [-0.4, -0.2) is 20.5 Å². The molecule has 0 saturated heterocycles. The van der Waals surface area contributed by atoms with Gasteiger partial charge in [-0.05, 0) is 56.1 Å². The average Bonchev–Trinajstić information content (AvgIpc) is 2.65. The number of anilines is 1. The largest absolute Gasteiger partial charge is 0.399 e. The lowest BCUT2D eigenvalue weighted by Gasteiger charge is -2.05. The fraction of sp³-hybridized carbons (Fsp3) is 0.0833. The van der Waals surface area contributed by atoms with Gasteiger partial charge in [-0.3, -0.25) is 4.79 Å². The highest BCUT2D eigenvalue weighted by molar-refractivity contribution is 9.12. The standard InChI is InChI=1S/C12H9Br2NO3S2/c1-20(17,18)8-3-6(2-7(15)4-8)11(16)9-5-10(13)19-12(9)14/h2-5H,15H2,1H3. The summed E-state index contributed by atoms with van der Waals surface area (Å²) in [5.74, 6) is -0.281. The number of hydrogen-bond donors (Lipinski definition) is 1. The summed E-state index contributed by atoms with van der Waals surface area (Å²) < 4.78 is 24.7. The summed E-state index contributed by atoms with van der Waals surface area (Å²) in [6, 6.07) is 5.83. The van der Waals surface area contributed by atoms with Gasteiger partial charge in [0, 0.05) is 23.1 Å². The maximum Gasteiger partial charge on any atom is 0.195 e. The second kappa shape index (κ2) is 5.59. The summed E-state index contributed by atoms with van der Waals surface area (Å²) in [5, 5.41) is 0. The zero-order valence-corrected chi connectivity index (χ0v) is 15.0. The molecule has 106 valence electrons. The van der Waals surface area contributed by atoms with Gasteiger partial charge in [-0.1, -0.05) is 0 Å². The van der Waals surface area contributed by atoms with Crippen LogP contribution in [0.4, 0.5) is 5.69 Å². The van der Waals surface area contributed by atoms with Crippen LogP contribution in [0.3, 0.4) is 0 Å². The molecule has 20 heavy (non-hydrogen) atoms. The zero-order valence-electron chi connectivity index (χ0n) is 10.2. The third-order valence-corrected chi connectivity index (χ3v) is 5.95. The molecule has 0 atom stereocenters. The normalized spacial score (nSPS) is 11.6. The first-order valence-corrected chi connectivity index (χ1v) is 9.58. The van der Waals surface area contributed by atoms with Gasteiger partial charge in [-0.2, -0.15) is 0 Å². The molecule has 4 nitrogen and oxygen atoms in total. The number of thiophene rings is 1. The van der Waals surface area contributed by atoms with Crippen molar-refractivity contribution in [3.63, 3.8) is 0 Å². The fourth-order valence-corrected chi connectivity index (χ4v) is 5.10. The Hall–Kier alpha value is -0.700. The third kappa shape index (κ3) is 3.30. The maximum atomic E-state index is 12.4. The van der Waals surface area contributed by atoms with Crippen molar-refractivity contribution in [3.8, 4) is 0 Å². The van der Waals surface area contributed by atoms with Crippen LogP contribution >= 0.6 is 43.2 Å². The molecule has 0 amide bonds. The molecule has 0 spiro atoms. The van der Waals surface area contributed by atoms with Crippen molar-refractivity contribution >= 4 is 64.5 Å². The Labute approximate surface area is 137 Å². The molecular weight excluding hydrogens is 430 g/mol. The molecule has 0 aliphatic heterocycles. The van der Waals surface area contributed by atoms with Crippen molar-refractivity contribution in [1.82, 2.24) is 0 Å². The van der Waals surface area contributed by atoms with E-state index in [0.29, 0.717) is 9.35 Å². The predicted octanol–water partition coefficient (Wildman–Crippen LogP) is 3.49. The molecular formula is C12H9Br2NO3S2. The van der Waals surface area contributed by atoms with Gasteiger partial charge >= 0.3 is 0 Å². The minimum atomic E-state index is -3.42. The second-order valence-electron chi connectivity index (χ2n) is 4.13. The van der Waals surface area contributed by atoms with Crippen molar-refractivity contribution in [3.05, 3.63) is 43.0 Å². The van der Waals surface area contributed by atoms with Gasteiger partial charge in [-0.15, -0.1) is 11.3 Å². The molecule has 1 heterocycles. The lowest BCUT2D eigenvalue weighted by atomic mass is 10.1. The SMILES string of the molecule is CS(=O)(=O)c1cc(N)cc(C(=O)c2cc(Br)sc2Br)c1. The average molecular weight is 439 g/mol. The van der Waals surface area contributed by atoms with Crippen LogP contribution in [0.2, 0.25) is 0 Å². The number of carbonyl (C=O) groups excluding carboxylic acids is 1. The van der Waals surface area contributed by atoms with E-state index in [2.05, 4.69) is 31.9 Å². The lowest BCUT2D eigenvalue weighted by molar-refractivity contribution is 0.103. The van der Waals surface area contributed by atoms with E-state index in [1.54, 1.807) is 6.07 Å². The smallest absolute Gasteiger partial charge is 0.195 e. The molecule has 2 N–H and O–H groups in total. The Bertz CT molecular complexity index is 797. The Balaban J connectivity index is 2.56. The summed E-state index contributed by atoms with van der Waals surface area (Å²) in [5.41, 5.74) is 6.63. The highest BCUT2D eigenvalue weighted by Gasteiger charge is 2.18. The zero-order chi connectivity index (χ0) is 15.1. The van der Waals surface area contributed by atoms with E-state index >= 15 is 0 Å². The summed E-state index contributed by atoms with van der Waals surface area (Å²) >= 11 is 7.98. The number of rotatable bonds is 3. The first-order chi connectivity index (χ1) is 9.18. The number of halogens is 2. The number of benzene rings is 1. The summed E-state index contributed by atoms with van der Waals surface area (Å²) in [6.07, 6.45) is 1.08. The van der Waals surface area contributed by atoms with Crippen LogP contribution in [0.5, 0.6) is 0 Å². The lowest BCUT2D eigenvalue weighted by Crippen LogP contribution is -2.05. The molecule has 0 fully saturated rings. The van der Waals surface area contributed by atoms with E-state index in [9.17, 15) is 13.2 Å². The van der Waals surface area contributed by atoms with Crippen LogP contribution in [0.25, 0.3) is 0 Å². The van der Waals surface area contributed by atoms with E-state index in [4.69, 9.17) is 5.73 Å². The highest BCUT2D eigenvalue weighted by atomic mass is 79.9. The Morgan fingerprint density at radius 2 is 1.85 bits per heavy atom. The van der Waals surface area contributed by atoms with Gasteiger partial charge in [0.1, 0.15) is 0 Å². The molecule has 0 bridgehead atoms. The molecule has 2 aromatic rings. The van der Waals surface area contributed by atoms with Crippen LogP contribution in [0.1, 0.15) is 15.9 Å². The van der Waals surface area contributed by atoms with Gasteiger partial charge in [0.05, 0.1) is 12.5 Å².